The third-order valence-corrected chi connectivity index (χ3v) is 7.77. The number of benzene rings is 2. The molecule has 2 aliphatic rings. The number of ether oxygens (including phenoxy) is 6. The largest absolute Gasteiger partial charge is 0.490 e. The molecule has 2 aromatic carbocycles. The van der Waals surface area contributed by atoms with Gasteiger partial charge in [0.1, 0.15) is 24.7 Å². The number of hydrogen-bond donors (Lipinski definition) is 1. The van der Waals surface area contributed by atoms with Crippen molar-refractivity contribution in [3.05, 3.63) is 86.0 Å². The topological polar surface area (TPSA) is 139 Å². The van der Waals surface area contributed by atoms with Crippen molar-refractivity contribution in [1.29, 1.82) is 0 Å². The fourth-order valence-electron chi connectivity index (χ4n) is 6.08. The maximum atomic E-state index is 13.6. The van der Waals surface area contributed by atoms with E-state index >= 15 is 0 Å². The summed E-state index contributed by atoms with van der Waals surface area (Å²) in [6, 6.07) is 17.3. The molecule has 1 saturated heterocycles. The average molecular weight is 637 g/mol. The number of alkyl carbamates (subject to hydrolysis) is 1. The van der Waals surface area contributed by atoms with Crippen LogP contribution in [0.25, 0.3) is 0 Å². The monoisotopic (exact) mass is 636 g/mol. The first-order valence-corrected chi connectivity index (χ1v) is 14.9. The van der Waals surface area contributed by atoms with Gasteiger partial charge in [0.15, 0.2) is 12.7 Å². The van der Waals surface area contributed by atoms with Crippen LogP contribution in [0.1, 0.15) is 33.1 Å². The van der Waals surface area contributed by atoms with Crippen molar-refractivity contribution in [3.8, 4) is 11.5 Å². The summed E-state index contributed by atoms with van der Waals surface area (Å²) in [5.74, 6) is -0.332. The third kappa shape index (κ3) is 9.50. The van der Waals surface area contributed by atoms with E-state index in [0.717, 1.165) is 12.2 Å². The molecule has 2 amide bonds. The molecule has 12 heteroatoms. The maximum absolute atomic E-state index is 13.6. The van der Waals surface area contributed by atoms with E-state index in [1.807, 2.05) is 25.1 Å². The normalized spacial score (nSPS) is 22.7. The van der Waals surface area contributed by atoms with Crippen LogP contribution in [0.3, 0.4) is 0 Å². The molecule has 46 heavy (non-hydrogen) atoms. The van der Waals surface area contributed by atoms with Gasteiger partial charge in [-0.05, 0) is 55.9 Å². The molecule has 1 aliphatic carbocycles. The van der Waals surface area contributed by atoms with Crippen LogP contribution in [0.4, 0.5) is 9.59 Å². The molecule has 0 radical (unpaired) electrons. The zero-order chi connectivity index (χ0) is 33.2. The minimum Gasteiger partial charge on any atom is -0.490 e. The molecule has 5 unspecified atom stereocenters. The SMILES string of the molecule is C=CC(=O)OCC(COc1ccccc1)OC(=O)N1CC2(C)CC(NC(=O)OC(COC(=O)C=C)Oc3ccccc3)CC1(C)C2. The van der Waals surface area contributed by atoms with E-state index in [1.54, 1.807) is 47.4 Å². The molecule has 0 aromatic heterocycles. The average Bonchev–Trinajstić information content (AvgIpc) is 3.24. The van der Waals surface area contributed by atoms with Gasteiger partial charge in [-0.25, -0.2) is 19.2 Å². The molecule has 2 fully saturated rings. The first-order chi connectivity index (χ1) is 22.0. The van der Waals surface area contributed by atoms with Crippen LogP contribution < -0.4 is 14.8 Å². The minimum atomic E-state index is -1.21. The van der Waals surface area contributed by atoms with Crippen LogP contribution in [0, 0.1) is 5.41 Å². The van der Waals surface area contributed by atoms with E-state index in [0.29, 0.717) is 37.3 Å². The molecule has 12 nitrogen and oxygen atoms in total. The number of carbonyl (C=O) groups excluding carboxylic acids is 4. The summed E-state index contributed by atoms with van der Waals surface area (Å²) in [4.78, 5) is 51.6. The number of nitrogens with zero attached hydrogens (tertiary/aromatic N) is 1. The van der Waals surface area contributed by atoms with E-state index in [4.69, 9.17) is 28.4 Å². The highest BCUT2D eigenvalue weighted by Gasteiger charge is 2.56. The highest BCUT2D eigenvalue weighted by Crippen LogP contribution is 2.51. The number of rotatable bonds is 14. The fraction of sp³-hybridized carbons (Fsp3) is 0.412. The molecule has 1 saturated carbocycles. The highest BCUT2D eigenvalue weighted by atomic mass is 16.7. The molecule has 0 spiro atoms. The minimum absolute atomic E-state index is 0.0354. The van der Waals surface area contributed by atoms with Gasteiger partial charge < -0.3 is 38.6 Å². The lowest BCUT2D eigenvalue weighted by Gasteiger charge is -2.41. The van der Waals surface area contributed by atoms with Crippen molar-refractivity contribution in [1.82, 2.24) is 10.2 Å². The molecular formula is C34H40N2O10. The van der Waals surface area contributed by atoms with Gasteiger partial charge in [0.2, 0.25) is 0 Å². The summed E-state index contributed by atoms with van der Waals surface area (Å²) in [6.45, 7) is 10.6. The van der Waals surface area contributed by atoms with E-state index in [2.05, 4.69) is 25.4 Å². The molecule has 5 atom stereocenters. The summed E-state index contributed by atoms with van der Waals surface area (Å²) in [7, 11) is 0. The van der Waals surface area contributed by atoms with Crippen LogP contribution in [-0.4, -0.2) is 79.4 Å². The van der Waals surface area contributed by atoms with Gasteiger partial charge in [0.05, 0.1) is 0 Å². The predicted molar refractivity (Wildman–Crippen MR) is 166 cm³/mol. The lowest BCUT2D eigenvalue weighted by Crippen LogP contribution is -2.52. The number of para-hydroxylation sites is 2. The quantitative estimate of drug-likeness (QED) is 0.133. The van der Waals surface area contributed by atoms with Gasteiger partial charge in [-0.1, -0.05) is 56.5 Å². The van der Waals surface area contributed by atoms with Crippen LogP contribution >= 0.6 is 0 Å². The van der Waals surface area contributed by atoms with Crippen molar-refractivity contribution >= 4 is 24.1 Å². The van der Waals surface area contributed by atoms with Gasteiger partial charge in [-0.2, -0.15) is 0 Å². The van der Waals surface area contributed by atoms with Crippen LogP contribution in [0.5, 0.6) is 11.5 Å². The number of amides is 2. The zero-order valence-corrected chi connectivity index (χ0v) is 26.1. The second-order valence-corrected chi connectivity index (χ2v) is 11.9. The molecule has 2 bridgehead atoms. The predicted octanol–water partition coefficient (Wildman–Crippen LogP) is 4.79. The molecule has 1 heterocycles. The summed E-state index contributed by atoms with van der Waals surface area (Å²) < 4.78 is 33.1. The van der Waals surface area contributed by atoms with E-state index < -0.39 is 42.1 Å². The van der Waals surface area contributed by atoms with Crippen molar-refractivity contribution in [2.24, 2.45) is 5.41 Å². The summed E-state index contributed by atoms with van der Waals surface area (Å²) in [5, 5.41) is 2.90. The summed E-state index contributed by atoms with van der Waals surface area (Å²) in [6.07, 6.45) is 0.302. The Morgan fingerprint density at radius 1 is 0.870 bits per heavy atom. The smallest absolute Gasteiger partial charge is 0.410 e. The van der Waals surface area contributed by atoms with Crippen LogP contribution in [0.2, 0.25) is 0 Å². The molecule has 4 rings (SSSR count). The molecule has 246 valence electrons. The number of carbonyl (C=O) groups is 4. The first-order valence-electron chi connectivity index (χ1n) is 14.9. The van der Waals surface area contributed by atoms with Gasteiger partial charge in [0.25, 0.3) is 6.29 Å². The van der Waals surface area contributed by atoms with E-state index in [-0.39, 0.29) is 31.3 Å². The molecular weight excluding hydrogens is 596 g/mol. The van der Waals surface area contributed by atoms with Crippen molar-refractivity contribution in [2.75, 3.05) is 26.4 Å². The van der Waals surface area contributed by atoms with Gasteiger partial charge >= 0.3 is 24.1 Å². The zero-order valence-electron chi connectivity index (χ0n) is 26.1. The highest BCUT2D eigenvalue weighted by molar-refractivity contribution is 5.81. The summed E-state index contributed by atoms with van der Waals surface area (Å²) >= 11 is 0. The number of hydrogen-bond acceptors (Lipinski definition) is 10. The number of nitrogens with one attached hydrogen (secondary N) is 1. The Balaban J connectivity index is 1.38. The van der Waals surface area contributed by atoms with E-state index in [1.165, 1.54) is 0 Å². The molecule has 1 aliphatic heterocycles. The first kappa shape index (κ1) is 33.9. The Bertz CT molecular complexity index is 1390. The van der Waals surface area contributed by atoms with Gasteiger partial charge in [-0.15, -0.1) is 0 Å². The van der Waals surface area contributed by atoms with Gasteiger partial charge in [-0.3, -0.25) is 0 Å². The lowest BCUT2D eigenvalue weighted by molar-refractivity contribution is -0.148. The van der Waals surface area contributed by atoms with Crippen molar-refractivity contribution in [2.45, 2.75) is 57.1 Å². The molecule has 2 aromatic rings. The number of fused-ring (bicyclic) bond motifs is 2. The van der Waals surface area contributed by atoms with E-state index in [9.17, 15) is 19.2 Å². The Morgan fingerprint density at radius 2 is 1.48 bits per heavy atom. The Labute approximate surface area is 268 Å². The Hall–Kier alpha value is -5.00. The number of esters is 2. The Morgan fingerprint density at radius 3 is 2.11 bits per heavy atom. The summed E-state index contributed by atoms with van der Waals surface area (Å²) in [5.41, 5.74) is -0.973. The standard InChI is InChI=1S/C34H40N2O10/c1-5-28(37)42-20-27(19-41-25-13-9-7-10-14-25)45-32(40)36-23-33(3)17-24(18-34(36,4)22-33)35-31(39)46-30(21-43-29(38)6-2)44-26-15-11-8-12-16-26/h5-16,24,27,30H,1-2,17-23H2,3-4H3,(H,35,39). The third-order valence-electron chi connectivity index (χ3n) is 7.77. The maximum Gasteiger partial charge on any atom is 0.410 e. The van der Waals surface area contributed by atoms with Crippen LogP contribution in [0.15, 0.2) is 86.0 Å². The molecule has 1 N–H and O–H groups in total. The number of likely N-dealkylation sites (tertiary alicyclic amines) is 1. The fourth-order valence-corrected chi connectivity index (χ4v) is 6.08. The van der Waals surface area contributed by atoms with Gasteiger partial charge in [0, 0.05) is 30.3 Å². The Kier molecular flexibility index (Phi) is 11.3. The van der Waals surface area contributed by atoms with Crippen LogP contribution in [-0.2, 0) is 28.5 Å². The second kappa shape index (κ2) is 15.3. The van der Waals surface area contributed by atoms with Crippen molar-refractivity contribution < 1.29 is 47.6 Å². The lowest BCUT2D eigenvalue weighted by atomic mass is 9.70. The van der Waals surface area contributed by atoms with Crippen molar-refractivity contribution in [3.63, 3.8) is 0 Å². The second-order valence-electron chi connectivity index (χ2n) is 11.9.